The van der Waals surface area contributed by atoms with E-state index in [9.17, 15) is 0 Å². The lowest BCUT2D eigenvalue weighted by atomic mass is 10.1. The minimum atomic E-state index is 0.222. The molecule has 2 atom stereocenters. The van der Waals surface area contributed by atoms with Crippen molar-refractivity contribution in [3.63, 3.8) is 0 Å². The summed E-state index contributed by atoms with van der Waals surface area (Å²) in [6.07, 6.45) is 0. The summed E-state index contributed by atoms with van der Waals surface area (Å²) in [7, 11) is 0. The molecule has 1 aromatic heterocycles. The second-order valence-corrected chi connectivity index (χ2v) is 4.99. The van der Waals surface area contributed by atoms with Crippen LogP contribution in [0.4, 0.5) is 0 Å². The molecule has 0 aliphatic rings. The van der Waals surface area contributed by atoms with E-state index in [-0.39, 0.29) is 12.5 Å². The zero-order valence-corrected chi connectivity index (χ0v) is 10.0. The average molecular weight is 234 g/mol. The van der Waals surface area contributed by atoms with E-state index in [1.165, 1.54) is 4.88 Å². The van der Waals surface area contributed by atoms with Crippen LogP contribution in [-0.2, 0) is 6.54 Å². The first-order chi connectivity index (χ1) is 6.63. The van der Waals surface area contributed by atoms with Crippen LogP contribution in [0.2, 0.25) is 5.02 Å². The van der Waals surface area contributed by atoms with Crippen molar-refractivity contribution in [2.45, 2.75) is 26.4 Å². The molecule has 0 aromatic carbocycles. The van der Waals surface area contributed by atoms with Crippen LogP contribution in [0.25, 0.3) is 0 Å². The van der Waals surface area contributed by atoms with Crippen molar-refractivity contribution >= 4 is 22.9 Å². The average Bonchev–Trinajstić information content (AvgIpc) is 2.59. The van der Waals surface area contributed by atoms with Crippen LogP contribution >= 0.6 is 22.9 Å². The molecule has 1 aromatic rings. The van der Waals surface area contributed by atoms with E-state index in [2.05, 4.69) is 12.2 Å². The van der Waals surface area contributed by atoms with Crippen LogP contribution in [0.1, 0.15) is 18.7 Å². The van der Waals surface area contributed by atoms with E-state index >= 15 is 0 Å². The van der Waals surface area contributed by atoms with Crippen molar-refractivity contribution in [3.8, 4) is 0 Å². The first-order valence-corrected chi connectivity index (χ1v) is 5.96. The molecule has 0 aliphatic heterocycles. The van der Waals surface area contributed by atoms with Crippen molar-refractivity contribution in [1.82, 2.24) is 5.32 Å². The highest BCUT2D eigenvalue weighted by atomic mass is 35.5. The Bertz CT molecular complexity index is 277. The number of aliphatic hydroxyl groups is 1. The number of hydrogen-bond acceptors (Lipinski definition) is 3. The Morgan fingerprint density at radius 2 is 2.29 bits per heavy atom. The first-order valence-electron chi connectivity index (χ1n) is 4.70. The van der Waals surface area contributed by atoms with Crippen molar-refractivity contribution in [2.24, 2.45) is 5.92 Å². The Labute approximate surface area is 93.9 Å². The molecule has 4 heteroatoms. The van der Waals surface area contributed by atoms with Gasteiger partial charge in [-0.2, -0.15) is 0 Å². The summed E-state index contributed by atoms with van der Waals surface area (Å²) >= 11 is 7.46. The molecule has 0 saturated heterocycles. The van der Waals surface area contributed by atoms with Gasteiger partial charge in [-0.25, -0.2) is 0 Å². The third-order valence-corrected chi connectivity index (χ3v) is 3.65. The third kappa shape index (κ3) is 3.58. The summed E-state index contributed by atoms with van der Waals surface area (Å²) in [5.41, 5.74) is 0. The highest BCUT2D eigenvalue weighted by molar-refractivity contribution is 7.10. The van der Waals surface area contributed by atoms with Gasteiger partial charge in [0.05, 0.1) is 5.02 Å². The minimum absolute atomic E-state index is 0.222. The molecule has 0 bridgehead atoms. The molecule has 1 heterocycles. The number of rotatable bonds is 5. The predicted octanol–water partition coefficient (Wildman–Crippen LogP) is 2.51. The number of thiophene rings is 1. The smallest absolute Gasteiger partial charge is 0.0516 e. The van der Waals surface area contributed by atoms with Gasteiger partial charge in [-0.15, -0.1) is 11.3 Å². The Morgan fingerprint density at radius 1 is 1.57 bits per heavy atom. The second-order valence-electron chi connectivity index (χ2n) is 3.56. The van der Waals surface area contributed by atoms with Crippen LogP contribution < -0.4 is 5.32 Å². The lowest BCUT2D eigenvalue weighted by Crippen LogP contribution is -2.33. The zero-order chi connectivity index (χ0) is 10.6. The molecular formula is C10H16ClNOS. The summed E-state index contributed by atoms with van der Waals surface area (Å²) in [5, 5.41) is 15.0. The fraction of sp³-hybridized carbons (Fsp3) is 0.600. The van der Waals surface area contributed by atoms with E-state index in [0.717, 1.165) is 11.6 Å². The van der Waals surface area contributed by atoms with Gasteiger partial charge in [-0.1, -0.05) is 18.5 Å². The summed E-state index contributed by atoms with van der Waals surface area (Å²) in [6, 6.07) is 2.29. The molecular weight excluding hydrogens is 218 g/mol. The zero-order valence-electron chi connectivity index (χ0n) is 8.46. The van der Waals surface area contributed by atoms with Crippen molar-refractivity contribution in [1.29, 1.82) is 0 Å². The van der Waals surface area contributed by atoms with E-state index in [0.29, 0.717) is 6.04 Å². The van der Waals surface area contributed by atoms with E-state index in [1.54, 1.807) is 11.3 Å². The Balaban J connectivity index is 2.33. The van der Waals surface area contributed by atoms with E-state index in [1.807, 2.05) is 18.4 Å². The van der Waals surface area contributed by atoms with Gasteiger partial charge >= 0.3 is 0 Å². The maximum Gasteiger partial charge on any atom is 0.0516 e. The molecule has 0 spiro atoms. The highest BCUT2D eigenvalue weighted by Gasteiger charge is 2.10. The fourth-order valence-electron chi connectivity index (χ4n) is 1.07. The molecule has 80 valence electrons. The maximum atomic E-state index is 8.95. The van der Waals surface area contributed by atoms with Crippen molar-refractivity contribution in [2.75, 3.05) is 6.61 Å². The standard InChI is InChI=1S/C10H16ClNOS/c1-7(5-13)8(2)12-4-10-3-9(11)6-14-10/h3,6-8,12-13H,4-5H2,1-2H3. The summed E-state index contributed by atoms with van der Waals surface area (Å²) < 4.78 is 0. The SMILES string of the molecule is CC(CO)C(C)NCc1cc(Cl)cs1. The number of nitrogens with one attached hydrogen (secondary N) is 1. The number of halogens is 1. The molecule has 2 N–H and O–H groups in total. The van der Waals surface area contributed by atoms with Gasteiger partial charge in [0.1, 0.15) is 0 Å². The minimum Gasteiger partial charge on any atom is -0.396 e. The van der Waals surface area contributed by atoms with Gasteiger partial charge < -0.3 is 10.4 Å². The first kappa shape index (κ1) is 12.0. The Morgan fingerprint density at radius 3 is 2.79 bits per heavy atom. The van der Waals surface area contributed by atoms with Crippen molar-refractivity contribution in [3.05, 3.63) is 21.3 Å². The summed E-state index contributed by atoms with van der Waals surface area (Å²) in [4.78, 5) is 1.23. The Kier molecular flexibility index (Phi) is 4.89. The largest absolute Gasteiger partial charge is 0.396 e. The van der Waals surface area contributed by atoms with E-state index < -0.39 is 0 Å². The number of hydrogen-bond donors (Lipinski definition) is 2. The van der Waals surface area contributed by atoms with Gasteiger partial charge in [0.15, 0.2) is 0 Å². The van der Waals surface area contributed by atoms with Crippen LogP contribution in [0.15, 0.2) is 11.4 Å². The molecule has 0 saturated carbocycles. The lowest BCUT2D eigenvalue weighted by molar-refractivity contribution is 0.207. The fourth-order valence-corrected chi connectivity index (χ4v) is 2.09. The van der Waals surface area contributed by atoms with Gasteiger partial charge in [0, 0.05) is 29.5 Å². The van der Waals surface area contributed by atoms with Crippen LogP contribution in [0.5, 0.6) is 0 Å². The molecule has 0 amide bonds. The predicted molar refractivity (Wildman–Crippen MR) is 61.9 cm³/mol. The van der Waals surface area contributed by atoms with Gasteiger partial charge in [-0.05, 0) is 18.9 Å². The highest BCUT2D eigenvalue weighted by Crippen LogP contribution is 2.19. The molecule has 14 heavy (non-hydrogen) atoms. The van der Waals surface area contributed by atoms with Crippen molar-refractivity contribution < 1.29 is 5.11 Å². The molecule has 1 rings (SSSR count). The van der Waals surface area contributed by atoms with Gasteiger partial charge in [0.2, 0.25) is 0 Å². The second kappa shape index (κ2) is 5.71. The quantitative estimate of drug-likeness (QED) is 0.819. The molecule has 2 nitrogen and oxygen atoms in total. The van der Waals surface area contributed by atoms with Crippen LogP contribution in [0.3, 0.4) is 0 Å². The van der Waals surface area contributed by atoms with Gasteiger partial charge in [-0.3, -0.25) is 0 Å². The molecule has 0 radical (unpaired) electrons. The monoisotopic (exact) mass is 233 g/mol. The lowest BCUT2D eigenvalue weighted by Gasteiger charge is -2.18. The molecule has 2 unspecified atom stereocenters. The Hall–Kier alpha value is -0.0900. The van der Waals surface area contributed by atoms with E-state index in [4.69, 9.17) is 16.7 Å². The topological polar surface area (TPSA) is 32.3 Å². The summed E-state index contributed by atoms with van der Waals surface area (Å²) in [6.45, 7) is 5.15. The molecule has 0 fully saturated rings. The molecule has 0 aliphatic carbocycles. The third-order valence-electron chi connectivity index (χ3n) is 2.36. The number of aliphatic hydroxyl groups excluding tert-OH is 1. The maximum absolute atomic E-state index is 8.95. The van der Waals surface area contributed by atoms with Gasteiger partial charge in [0.25, 0.3) is 0 Å². The normalized spacial score (nSPS) is 15.4. The summed E-state index contributed by atoms with van der Waals surface area (Å²) in [5.74, 6) is 0.283. The van der Waals surface area contributed by atoms with Crippen LogP contribution in [0, 0.1) is 5.92 Å². The van der Waals surface area contributed by atoms with Crippen LogP contribution in [-0.4, -0.2) is 17.8 Å².